The number of hydrogen-bond acceptors (Lipinski definition) is 3. The van der Waals surface area contributed by atoms with Crippen LogP contribution in [-0.4, -0.2) is 5.16 Å². The number of nitrogens with zero attached hydrogens (tertiary/aromatic N) is 1. The number of halogens is 2. The Balaban J connectivity index is 2.96. The molecule has 0 fully saturated rings. The molecule has 0 unspecified atom stereocenters. The maximum Gasteiger partial charge on any atom is 0.231 e. The molecule has 0 spiro atoms. The highest BCUT2D eigenvalue weighted by Crippen LogP contribution is 2.33. The first-order chi connectivity index (χ1) is 5.70. The number of aromatic nitrogens is 1. The average Bonchev–Trinajstić information content (AvgIpc) is 2.41. The lowest BCUT2D eigenvalue weighted by atomic mass is 10.2. The fourth-order valence-electron chi connectivity index (χ4n) is 0.995. The van der Waals surface area contributed by atoms with Gasteiger partial charge in [0.05, 0.1) is 10.4 Å². The molecule has 2 aromatic rings. The number of anilines is 1. The van der Waals surface area contributed by atoms with Gasteiger partial charge in [-0.2, -0.15) is 0 Å². The largest absolute Gasteiger partial charge is 0.367 e. The molecular formula is C7H4BrClN2O. The highest BCUT2D eigenvalue weighted by molar-refractivity contribution is 9.10. The third kappa shape index (κ3) is 0.990. The van der Waals surface area contributed by atoms with E-state index in [1.54, 1.807) is 12.1 Å². The second kappa shape index (κ2) is 2.64. The zero-order valence-electron chi connectivity index (χ0n) is 5.84. The molecule has 62 valence electrons. The number of nitrogens with two attached hydrogens (primary N) is 1. The third-order valence-electron chi connectivity index (χ3n) is 1.56. The summed E-state index contributed by atoms with van der Waals surface area (Å²) >= 11 is 9.22. The van der Waals surface area contributed by atoms with Crippen LogP contribution in [0.3, 0.4) is 0 Å². The normalized spacial score (nSPS) is 10.8. The molecular weight excluding hydrogens is 243 g/mol. The van der Waals surface area contributed by atoms with E-state index in [1.165, 1.54) is 0 Å². The average molecular weight is 247 g/mol. The van der Waals surface area contributed by atoms with Gasteiger partial charge in [-0.25, -0.2) is 0 Å². The van der Waals surface area contributed by atoms with E-state index in [2.05, 4.69) is 21.1 Å². The second-order valence-electron chi connectivity index (χ2n) is 2.30. The Morgan fingerprint density at radius 1 is 1.50 bits per heavy atom. The Hall–Kier alpha value is -0.740. The topological polar surface area (TPSA) is 52.0 Å². The molecule has 0 radical (unpaired) electrons. The van der Waals surface area contributed by atoms with E-state index in [4.69, 9.17) is 21.9 Å². The highest BCUT2D eigenvalue weighted by Gasteiger charge is 2.10. The summed E-state index contributed by atoms with van der Waals surface area (Å²) in [5.41, 5.74) is 6.18. The summed E-state index contributed by atoms with van der Waals surface area (Å²) < 4.78 is 5.56. The molecule has 0 aliphatic heterocycles. The zero-order chi connectivity index (χ0) is 8.72. The molecule has 0 atom stereocenters. The van der Waals surface area contributed by atoms with E-state index in [-0.39, 0.29) is 5.88 Å². The Labute approximate surface area is 81.6 Å². The van der Waals surface area contributed by atoms with Gasteiger partial charge in [-0.1, -0.05) is 16.8 Å². The van der Waals surface area contributed by atoms with Crippen LogP contribution in [0.1, 0.15) is 0 Å². The molecule has 0 saturated heterocycles. The second-order valence-corrected chi connectivity index (χ2v) is 3.53. The molecule has 0 saturated carbocycles. The van der Waals surface area contributed by atoms with Crippen LogP contribution in [0.15, 0.2) is 21.1 Å². The third-order valence-corrected chi connectivity index (χ3v) is 2.84. The van der Waals surface area contributed by atoms with Crippen molar-refractivity contribution in [1.29, 1.82) is 0 Å². The van der Waals surface area contributed by atoms with Gasteiger partial charge in [0.2, 0.25) is 5.88 Å². The van der Waals surface area contributed by atoms with Crippen molar-refractivity contribution in [3.63, 3.8) is 0 Å². The van der Waals surface area contributed by atoms with Crippen LogP contribution in [0, 0.1) is 0 Å². The first kappa shape index (κ1) is 7.89. The van der Waals surface area contributed by atoms with Gasteiger partial charge in [0.15, 0.2) is 0 Å². The van der Waals surface area contributed by atoms with Gasteiger partial charge >= 0.3 is 0 Å². The van der Waals surface area contributed by atoms with E-state index < -0.39 is 0 Å². The standard InChI is InChI=1S/C7H4BrClN2O/c8-3-1-2-4-5(6(3)9)7(10)12-11-4/h1-2H,10H2. The Kier molecular flexibility index (Phi) is 1.73. The van der Waals surface area contributed by atoms with Gasteiger partial charge < -0.3 is 10.3 Å². The first-order valence-electron chi connectivity index (χ1n) is 3.19. The van der Waals surface area contributed by atoms with Crippen molar-refractivity contribution in [3.8, 4) is 0 Å². The van der Waals surface area contributed by atoms with Crippen molar-refractivity contribution in [2.75, 3.05) is 5.73 Å². The quantitative estimate of drug-likeness (QED) is 0.779. The van der Waals surface area contributed by atoms with Crippen molar-refractivity contribution < 1.29 is 4.52 Å². The van der Waals surface area contributed by atoms with Gasteiger partial charge in [-0.05, 0) is 28.1 Å². The minimum Gasteiger partial charge on any atom is -0.367 e. The molecule has 1 aromatic heterocycles. The van der Waals surface area contributed by atoms with E-state index in [1.807, 2.05) is 0 Å². The predicted molar refractivity (Wildman–Crippen MR) is 51.1 cm³/mol. The maximum atomic E-state index is 5.95. The van der Waals surface area contributed by atoms with E-state index in [0.717, 1.165) is 4.47 Å². The maximum absolute atomic E-state index is 5.95. The van der Waals surface area contributed by atoms with Crippen molar-refractivity contribution in [2.24, 2.45) is 0 Å². The SMILES string of the molecule is Nc1onc2ccc(Br)c(Cl)c12. The van der Waals surface area contributed by atoms with Gasteiger partial charge in [0.1, 0.15) is 5.52 Å². The van der Waals surface area contributed by atoms with Crippen molar-refractivity contribution in [3.05, 3.63) is 21.6 Å². The highest BCUT2D eigenvalue weighted by atomic mass is 79.9. The van der Waals surface area contributed by atoms with Crippen molar-refractivity contribution in [1.82, 2.24) is 5.16 Å². The van der Waals surface area contributed by atoms with Crippen LogP contribution in [0.4, 0.5) is 5.88 Å². The van der Waals surface area contributed by atoms with E-state index in [9.17, 15) is 0 Å². The molecule has 2 N–H and O–H groups in total. The molecule has 0 aliphatic rings. The van der Waals surface area contributed by atoms with Gasteiger partial charge in [0, 0.05) is 4.47 Å². The Morgan fingerprint density at radius 3 is 3.00 bits per heavy atom. The smallest absolute Gasteiger partial charge is 0.231 e. The van der Waals surface area contributed by atoms with Crippen LogP contribution >= 0.6 is 27.5 Å². The summed E-state index contributed by atoms with van der Waals surface area (Å²) in [6.07, 6.45) is 0. The molecule has 12 heavy (non-hydrogen) atoms. The fourth-order valence-corrected chi connectivity index (χ4v) is 1.58. The van der Waals surface area contributed by atoms with Crippen LogP contribution in [-0.2, 0) is 0 Å². The van der Waals surface area contributed by atoms with E-state index >= 15 is 0 Å². The molecule has 5 heteroatoms. The number of hydrogen-bond donors (Lipinski definition) is 1. The minimum atomic E-state index is 0.247. The van der Waals surface area contributed by atoms with Crippen LogP contribution < -0.4 is 5.73 Å². The zero-order valence-corrected chi connectivity index (χ0v) is 8.19. The van der Waals surface area contributed by atoms with Crippen molar-refractivity contribution in [2.45, 2.75) is 0 Å². The summed E-state index contributed by atoms with van der Waals surface area (Å²) in [5.74, 6) is 0.247. The van der Waals surface area contributed by atoms with Crippen molar-refractivity contribution >= 4 is 44.3 Å². The molecule has 2 rings (SSSR count). The van der Waals surface area contributed by atoms with Crippen LogP contribution in [0.25, 0.3) is 10.9 Å². The lowest BCUT2D eigenvalue weighted by Gasteiger charge is -1.94. The fraction of sp³-hybridized carbons (Fsp3) is 0. The molecule has 0 bridgehead atoms. The molecule has 1 aromatic carbocycles. The number of nitrogen functional groups attached to an aromatic ring is 1. The predicted octanol–water partition coefficient (Wildman–Crippen LogP) is 2.83. The number of fused-ring (bicyclic) bond motifs is 1. The summed E-state index contributed by atoms with van der Waals surface area (Å²) in [6, 6.07) is 3.58. The molecule has 0 amide bonds. The Bertz CT molecular complexity index is 440. The summed E-state index contributed by atoms with van der Waals surface area (Å²) in [7, 11) is 0. The van der Waals surface area contributed by atoms with E-state index in [0.29, 0.717) is 15.9 Å². The molecule has 1 heterocycles. The monoisotopic (exact) mass is 246 g/mol. The number of rotatable bonds is 0. The van der Waals surface area contributed by atoms with Crippen LogP contribution in [0.2, 0.25) is 5.02 Å². The summed E-state index contributed by atoms with van der Waals surface area (Å²) in [6.45, 7) is 0. The first-order valence-corrected chi connectivity index (χ1v) is 4.36. The Morgan fingerprint density at radius 2 is 2.25 bits per heavy atom. The lowest BCUT2D eigenvalue weighted by Crippen LogP contribution is -1.81. The van der Waals surface area contributed by atoms with Gasteiger partial charge in [-0.15, -0.1) is 0 Å². The summed E-state index contributed by atoms with van der Waals surface area (Å²) in [5, 5.41) is 4.91. The molecule has 3 nitrogen and oxygen atoms in total. The van der Waals surface area contributed by atoms with Gasteiger partial charge in [0.25, 0.3) is 0 Å². The molecule has 0 aliphatic carbocycles. The summed E-state index contributed by atoms with van der Waals surface area (Å²) in [4.78, 5) is 0. The van der Waals surface area contributed by atoms with Gasteiger partial charge in [-0.3, -0.25) is 0 Å². The lowest BCUT2D eigenvalue weighted by molar-refractivity contribution is 0.445. The van der Waals surface area contributed by atoms with Crippen LogP contribution in [0.5, 0.6) is 0 Å². The number of benzene rings is 1. The minimum absolute atomic E-state index is 0.247.